The minimum absolute atomic E-state index is 0.117. The molecule has 3 nitrogen and oxygen atoms in total. The van der Waals surface area contributed by atoms with E-state index >= 15 is 0 Å². The van der Waals surface area contributed by atoms with Gasteiger partial charge in [0.05, 0.1) is 5.84 Å². The molecule has 1 heterocycles. The van der Waals surface area contributed by atoms with Crippen molar-refractivity contribution in [1.82, 2.24) is 4.90 Å². The number of hydrogen-bond acceptors (Lipinski definition) is 2. The Morgan fingerprint density at radius 3 is 2.72 bits per heavy atom. The number of nitrogens with one attached hydrogen (secondary N) is 1. The van der Waals surface area contributed by atoms with Gasteiger partial charge in [0.2, 0.25) is 0 Å². The van der Waals surface area contributed by atoms with Gasteiger partial charge < -0.3 is 10.6 Å². The summed E-state index contributed by atoms with van der Waals surface area (Å²) >= 11 is 0. The number of nitrogens with two attached hydrogens (primary N) is 1. The normalized spacial score (nSPS) is 22.1. The van der Waals surface area contributed by atoms with E-state index in [4.69, 9.17) is 11.1 Å². The molecule has 18 heavy (non-hydrogen) atoms. The lowest BCUT2D eigenvalue weighted by molar-refractivity contribution is 0.168. The van der Waals surface area contributed by atoms with Crippen molar-refractivity contribution in [2.45, 2.75) is 59.3 Å². The van der Waals surface area contributed by atoms with Gasteiger partial charge in [-0.15, -0.1) is 0 Å². The maximum Gasteiger partial charge on any atom is 0.0963 e. The van der Waals surface area contributed by atoms with Gasteiger partial charge in [-0.1, -0.05) is 33.6 Å². The zero-order chi connectivity index (χ0) is 13.6. The van der Waals surface area contributed by atoms with Gasteiger partial charge in [-0.05, 0) is 44.7 Å². The quantitative estimate of drug-likeness (QED) is 0.416. The van der Waals surface area contributed by atoms with E-state index in [0.717, 1.165) is 12.3 Å². The minimum Gasteiger partial charge on any atom is -0.387 e. The van der Waals surface area contributed by atoms with Gasteiger partial charge in [0.15, 0.2) is 0 Å². The number of amidine groups is 1. The molecule has 0 spiro atoms. The molecular weight excluding hydrogens is 222 g/mol. The largest absolute Gasteiger partial charge is 0.387 e. The maximum absolute atomic E-state index is 7.55. The first-order valence-electron chi connectivity index (χ1n) is 7.52. The predicted molar refractivity (Wildman–Crippen MR) is 79.0 cm³/mol. The summed E-state index contributed by atoms with van der Waals surface area (Å²) in [5.41, 5.74) is 5.49. The predicted octanol–water partition coefficient (Wildman–Crippen LogP) is 3.24. The van der Waals surface area contributed by atoms with Gasteiger partial charge in [-0.2, -0.15) is 0 Å². The molecule has 1 aliphatic rings. The highest BCUT2D eigenvalue weighted by Crippen LogP contribution is 2.24. The average Bonchev–Trinajstić information content (AvgIpc) is 2.35. The third kappa shape index (κ3) is 4.97. The molecule has 0 saturated carbocycles. The highest BCUT2D eigenvalue weighted by molar-refractivity contribution is 5.82. The van der Waals surface area contributed by atoms with Crippen LogP contribution in [0, 0.1) is 16.7 Å². The molecule has 0 aliphatic carbocycles. The van der Waals surface area contributed by atoms with E-state index in [1.165, 1.54) is 51.7 Å². The van der Waals surface area contributed by atoms with Crippen LogP contribution in [-0.2, 0) is 0 Å². The van der Waals surface area contributed by atoms with Crippen molar-refractivity contribution in [2.75, 3.05) is 19.6 Å². The van der Waals surface area contributed by atoms with Crippen molar-refractivity contribution in [3.8, 4) is 0 Å². The Labute approximate surface area is 113 Å². The van der Waals surface area contributed by atoms with Crippen LogP contribution in [0.25, 0.3) is 0 Å². The van der Waals surface area contributed by atoms with E-state index in [-0.39, 0.29) is 5.41 Å². The second kappa shape index (κ2) is 7.13. The summed E-state index contributed by atoms with van der Waals surface area (Å²) < 4.78 is 0. The summed E-state index contributed by atoms with van der Waals surface area (Å²) in [6, 6.07) is 0. The highest BCUT2D eigenvalue weighted by atomic mass is 15.1. The van der Waals surface area contributed by atoms with Gasteiger partial charge in [-0.3, -0.25) is 5.41 Å². The molecule has 1 saturated heterocycles. The molecule has 0 aromatic carbocycles. The third-order valence-electron chi connectivity index (χ3n) is 4.44. The standard InChI is InChI=1S/C15H31N3/c1-4-13-8-7-11-18(12-13)10-6-5-9-15(2,3)14(16)17/h13H,4-12H2,1-3H3,(H3,16,17). The van der Waals surface area contributed by atoms with Crippen LogP contribution in [-0.4, -0.2) is 30.4 Å². The molecule has 0 aromatic heterocycles. The molecular formula is C15H31N3. The number of piperidine rings is 1. The van der Waals surface area contributed by atoms with Crippen LogP contribution in [0.4, 0.5) is 0 Å². The van der Waals surface area contributed by atoms with Crippen molar-refractivity contribution < 1.29 is 0 Å². The number of likely N-dealkylation sites (tertiary alicyclic amines) is 1. The first kappa shape index (κ1) is 15.5. The molecule has 106 valence electrons. The first-order valence-corrected chi connectivity index (χ1v) is 7.52. The summed E-state index contributed by atoms with van der Waals surface area (Å²) in [5.74, 6) is 1.25. The van der Waals surface area contributed by atoms with Gasteiger partial charge in [0, 0.05) is 12.0 Å². The zero-order valence-corrected chi connectivity index (χ0v) is 12.5. The Morgan fingerprint density at radius 2 is 2.11 bits per heavy atom. The Kier molecular flexibility index (Phi) is 6.13. The lowest BCUT2D eigenvalue weighted by Gasteiger charge is -2.32. The van der Waals surface area contributed by atoms with E-state index in [1.807, 2.05) is 0 Å². The van der Waals surface area contributed by atoms with Crippen LogP contribution in [0.15, 0.2) is 0 Å². The molecule has 0 aromatic rings. The molecule has 1 rings (SSSR count). The number of unbranched alkanes of at least 4 members (excludes halogenated alkanes) is 1. The van der Waals surface area contributed by atoms with Crippen LogP contribution >= 0.6 is 0 Å². The summed E-state index contributed by atoms with van der Waals surface area (Å²) in [7, 11) is 0. The van der Waals surface area contributed by atoms with E-state index < -0.39 is 0 Å². The molecule has 1 atom stereocenters. The molecule has 0 amide bonds. The molecule has 0 radical (unpaired) electrons. The van der Waals surface area contributed by atoms with Crippen LogP contribution in [0.3, 0.4) is 0 Å². The lowest BCUT2D eigenvalue weighted by atomic mass is 9.86. The Balaban J connectivity index is 2.16. The van der Waals surface area contributed by atoms with Gasteiger partial charge >= 0.3 is 0 Å². The SMILES string of the molecule is CCC1CCCN(CCCCC(C)(C)C(=N)N)C1. The molecule has 1 aliphatic heterocycles. The number of hydrogen-bond donors (Lipinski definition) is 2. The van der Waals surface area contributed by atoms with Crippen molar-refractivity contribution in [2.24, 2.45) is 17.1 Å². The van der Waals surface area contributed by atoms with Crippen molar-refractivity contribution >= 4 is 5.84 Å². The van der Waals surface area contributed by atoms with Crippen molar-refractivity contribution in [3.63, 3.8) is 0 Å². The van der Waals surface area contributed by atoms with Crippen molar-refractivity contribution in [3.05, 3.63) is 0 Å². The second-order valence-electron chi connectivity index (χ2n) is 6.47. The van der Waals surface area contributed by atoms with E-state index in [2.05, 4.69) is 25.7 Å². The Bertz CT molecular complexity index is 260. The fourth-order valence-electron chi connectivity index (χ4n) is 2.72. The first-order chi connectivity index (χ1) is 8.45. The van der Waals surface area contributed by atoms with Crippen LogP contribution in [0.1, 0.15) is 59.3 Å². The fraction of sp³-hybridized carbons (Fsp3) is 0.933. The number of rotatable bonds is 7. The van der Waals surface area contributed by atoms with Crippen LogP contribution in [0.2, 0.25) is 0 Å². The molecule has 3 heteroatoms. The lowest BCUT2D eigenvalue weighted by Crippen LogP contribution is -2.36. The molecule has 1 unspecified atom stereocenters. The summed E-state index contributed by atoms with van der Waals surface area (Å²) in [6.45, 7) is 10.3. The summed E-state index contributed by atoms with van der Waals surface area (Å²) in [5, 5.41) is 7.55. The van der Waals surface area contributed by atoms with Gasteiger partial charge in [0.25, 0.3) is 0 Å². The van der Waals surface area contributed by atoms with Gasteiger partial charge in [-0.25, -0.2) is 0 Å². The van der Waals surface area contributed by atoms with E-state index in [0.29, 0.717) is 5.84 Å². The second-order valence-corrected chi connectivity index (χ2v) is 6.47. The van der Waals surface area contributed by atoms with E-state index in [1.54, 1.807) is 0 Å². The molecule has 0 bridgehead atoms. The third-order valence-corrected chi connectivity index (χ3v) is 4.44. The summed E-state index contributed by atoms with van der Waals surface area (Å²) in [4.78, 5) is 2.62. The highest BCUT2D eigenvalue weighted by Gasteiger charge is 2.21. The Hall–Kier alpha value is -0.570. The maximum atomic E-state index is 7.55. The van der Waals surface area contributed by atoms with Crippen LogP contribution < -0.4 is 5.73 Å². The average molecular weight is 253 g/mol. The topological polar surface area (TPSA) is 53.1 Å². The fourth-order valence-corrected chi connectivity index (χ4v) is 2.72. The smallest absolute Gasteiger partial charge is 0.0963 e. The van der Waals surface area contributed by atoms with E-state index in [9.17, 15) is 0 Å². The monoisotopic (exact) mass is 253 g/mol. The van der Waals surface area contributed by atoms with Crippen molar-refractivity contribution in [1.29, 1.82) is 5.41 Å². The number of nitrogens with zero attached hydrogens (tertiary/aromatic N) is 1. The Morgan fingerprint density at radius 1 is 1.39 bits per heavy atom. The van der Waals surface area contributed by atoms with Crippen LogP contribution in [0.5, 0.6) is 0 Å². The zero-order valence-electron chi connectivity index (χ0n) is 12.5. The molecule has 3 N–H and O–H groups in total. The summed E-state index contributed by atoms with van der Waals surface area (Å²) in [6.07, 6.45) is 7.58. The molecule has 1 fully saturated rings. The van der Waals surface area contributed by atoms with Gasteiger partial charge in [0.1, 0.15) is 0 Å². The minimum atomic E-state index is -0.117.